The van der Waals surface area contributed by atoms with Crippen LogP contribution >= 0.6 is 0 Å². The van der Waals surface area contributed by atoms with E-state index in [1.54, 1.807) is 17.0 Å². The largest absolute Gasteiger partial charge is 0.496 e. The summed E-state index contributed by atoms with van der Waals surface area (Å²) in [5, 5.41) is 0. The highest BCUT2D eigenvalue weighted by Gasteiger charge is 2.39. The maximum atomic E-state index is 12.9. The van der Waals surface area contributed by atoms with Crippen molar-refractivity contribution in [3.63, 3.8) is 0 Å². The Labute approximate surface area is 165 Å². The van der Waals surface area contributed by atoms with Gasteiger partial charge in [0.05, 0.1) is 18.6 Å². The Bertz CT molecular complexity index is 844. The standard InChI is InChI=1S/C20H27NO6S/c1-14-7-8-18(26-2)17(11-14)20(23)27-12-19(22)21(15-5-3-4-6-15)16-9-10-28(24,25)13-16/h7-8,11,15-16H,3-6,9-10,12-13H2,1-2H3. The number of esters is 1. The number of carbonyl (C=O) groups excluding carboxylic acids is 2. The van der Waals surface area contributed by atoms with Gasteiger partial charge in [-0.05, 0) is 38.3 Å². The molecule has 3 rings (SSSR count). The first kappa shape index (κ1) is 20.6. The van der Waals surface area contributed by atoms with Crippen molar-refractivity contribution in [1.29, 1.82) is 0 Å². The molecule has 1 aliphatic carbocycles. The second kappa shape index (κ2) is 8.51. The van der Waals surface area contributed by atoms with Crippen LogP contribution in [0.4, 0.5) is 0 Å². The van der Waals surface area contributed by atoms with Crippen LogP contribution in [0.3, 0.4) is 0 Å². The molecule has 2 fully saturated rings. The SMILES string of the molecule is COc1ccc(C)cc1C(=O)OCC(=O)N(C1CCCC1)C1CCS(=O)(=O)C1. The molecule has 1 aromatic carbocycles. The van der Waals surface area contributed by atoms with Crippen molar-refractivity contribution in [2.24, 2.45) is 0 Å². The Hall–Kier alpha value is -2.09. The van der Waals surface area contributed by atoms with Crippen LogP contribution < -0.4 is 4.74 Å². The van der Waals surface area contributed by atoms with Crippen molar-refractivity contribution in [3.8, 4) is 5.75 Å². The highest BCUT2D eigenvalue weighted by molar-refractivity contribution is 7.91. The van der Waals surface area contributed by atoms with Crippen LogP contribution in [-0.4, -0.2) is 62.5 Å². The summed E-state index contributed by atoms with van der Waals surface area (Å²) in [4.78, 5) is 27.1. The maximum Gasteiger partial charge on any atom is 0.342 e. The zero-order valence-electron chi connectivity index (χ0n) is 16.3. The molecule has 28 heavy (non-hydrogen) atoms. The van der Waals surface area contributed by atoms with Crippen LogP contribution in [0.15, 0.2) is 18.2 Å². The van der Waals surface area contributed by atoms with Gasteiger partial charge >= 0.3 is 5.97 Å². The minimum absolute atomic E-state index is 0.00507. The third kappa shape index (κ3) is 4.66. The minimum Gasteiger partial charge on any atom is -0.496 e. The smallest absolute Gasteiger partial charge is 0.342 e. The molecule has 2 aliphatic rings. The van der Waals surface area contributed by atoms with Gasteiger partial charge in [-0.25, -0.2) is 13.2 Å². The van der Waals surface area contributed by atoms with E-state index in [1.165, 1.54) is 7.11 Å². The lowest BCUT2D eigenvalue weighted by Crippen LogP contribution is -2.48. The predicted molar refractivity (Wildman–Crippen MR) is 104 cm³/mol. The Balaban J connectivity index is 1.70. The fraction of sp³-hybridized carbons (Fsp3) is 0.600. The fourth-order valence-electron chi connectivity index (χ4n) is 4.14. The normalized spacial score (nSPS) is 21.4. The van der Waals surface area contributed by atoms with Crippen LogP contribution in [0.1, 0.15) is 48.0 Å². The molecule has 1 heterocycles. The summed E-state index contributed by atoms with van der Waals surface area (Å²) in [7, 11) is -1.64. The monoisotopic (exact) mass is 409 g/mol. The van der Waals surface area contributed by atoms with Gasteiger partial charge < -0.3 is 14.4 Å². The third-order valence-corrected chi connectivity index (χ3v) is 7.26. The first-order valence-corrected chi connectivity index (χ1v) is 11.5. The fourth-order valence-corrected chi connectivity index (χ4v) is 5.85. The molecule has 8 heteroatoms. The van der Waals surface area contributed by atoms with Crippen LogP contribution in [0.25, 0.3) is 0 Å². The molecule has 0 aromatic heterocycles. The lowest BCUT2D eigenvalue weighted by molar-refractivity contribution is -0.139. The highest BCUT2D eigenvalue weighted by Crippen LogP contribution is 2.29. The lowest BCUT2D eigenvalue weighted by Gasteiger charge is -2.33. The number of sulfone groups is 1. The summed E-state index contributed by atoms with van der Waals surface area (Å²) in [6.07, 6.45) is 4.22. The Morgan fingerprint density at radius 2 is 1.86 bits per heavy atom. The van der Waals surface area contributed by atoms with Gasteiger partial charge in [0.1, 0.15) is 11.3 Å². The summed E-state index contributed by atoms with van der Waals surface area (Å²) in [5.74, 6) is -0.463. The van der Waals surface area contributed by atoms with Crippen LogP contribution in [0, 0.1) is 6.92 Å². The van der Waals surface area contributed by atoms with E-state index in [1.807, 2.05) is 13.0 Å². The molecule has 1 unspecified atom stereocenters. The van der Waals surface area contributed by atoms with E-state index in [-0.39, 0.29) is 35.1 Å². The van der Waals surface area contributed by atoms with Gasteiger partial charge in [-0.3, -0.25) is 4.79 Å². The van der Waals surface area contributed by atoms with E-state index in [4.69, 9.17) is 9.47 Å². The molecule has 1 amide bonds. The van der Waals surface area contributed by atoms with E-state index < -0.39 is 22.4 Å². The predicted octanol–water partition coefficient (Wildman–Crippen LogP) is 2.12. The number of ether oxygens (including phenoxy) is 2. The first-order chi connectivity index (χ1) is 13.3. The number of hydrogen-bond donors (Lipinski definition) is 0. The van der Waals surface area contributed by atoms with Gasteiger partial charge in [-0.1, -0.05) is 24.5 Å². The molecule has 0 radical (unpaired) electrons. The molecule has 0 spiro atoms. The summed E-state index contributed by atoms with van der Waals surface area (Å²) in [6, 6.07) is 4.86. The van der Waals surface area contributed by atoms with Gasteiger partial charge in [0.25, 0.3) is 5.91 Å². The van der Waals surface area contributed by atoms with Gasteiger partial charge in [-0.15, -0.1) is 0 Å². The molecule has 1 atom stereocenters. The number of methoxy groups -OCH3 is 1. The summed E-state index contributed by atoms with van der Waals surface area (Å²) in [5.41, 5.74) is 1.15. The van der Waals surface area contributed by atoms with Gasteiger partial charge in [0, 0.05) is 12.1 Å². The average Bonchev–Trinajstić information content (AvgIpc) is 3.30. The van der Waals surface area contributed by atoms with Gasteiger partial charge in [-0.2, -0.15) is 0 Å². The Kier molecular flexibility index (Phi) is 6.27. The van der Waals surface area contributed by atoms with E-state index in [2.05, 4.69) is 0 Å². The highest BCUT2D eigenvalue weighted by atomic mass is 32.2. The molecule has 1 saturated carbocycles. The number of benzene rings is 1. The van der Waals surface area contributed by atoms with E-state index in [9.17, 15) is 18.0 Å². The molecule has 154 valence electrons. The topological polar surface area (TPSA) is 90.0 Å². The number of carbonyl (C=O) groups is 2. The average molecular weight is 410 g/mol. The summed E-state index contributed by atoms with van der Waals surface area (Å²) < 4.78 is 34.3. The number of hydrogen-bond acceptors (Lipinski definition) is 6. The number of aryl methyl sites for hydroxylation is 1. The van der Waals surface area contributed by atoms with Crippen LogP contribution in [0.2, 0.25) is 0 Å². The van der Waals surface area contributed by atoms with Crippen molar-refractivity contribution in [1.82, 2.24) is 4.90 Å². The summed E-state index contributed by atoms with van der Waals surface area (Å²) >= 11 is 0. The molecular weight excluding hydrogens is 382 g/mol. The number of amides is 1. The molecule has 1 aliphatic heterocycles. The molecule has 0 bridgehead atoms. The maximum absolute atomic E-state index is 12.9. The Morgan fingerprint density at radius 1 is 1.14 bits per heavy atom. The van der Waals surface area contributed by atoms with E-state index in [0.717, 1.165) is 31.2 Å². The molecule has 1 saturated heterocycles. The number of nitrogens with zero attached hydrogens (tertiary/aromatic N) is 1. The van der Waals surface area contributed by atoms with E-state index >= 15 is 0 Å². The minimum atomic E-state index is -3.11. The van der Waals surface area contributed by atoms with Crippen molar-refractivity contribution < 1.29 is 27.5 Å². The third-order valence-electron chi connectivity index (χ3n) is 5.51. The zero-order chi connectivity index (χ0) is 20.3. The van der Waals surface area contributed by atoms with E-state index in [0.29, 0.717) is 12.2 Å². The van der Waals surface area contributed by atoms with Crippen molar-refractivity contribution in [2.75, 3.05) is 25.2 Å². The van der Waals surface area contributed by atoms with Gasteiger partial charge in [0.2, 0.25) is 0 Å². The molecule has 1 aromatic rings. The first-order valence-electron chi connectivity index (χ1n) is 9.64. The van der Waals surface area contributed by atoms with Crippen molar-refractivity contribution in [2.45, 2.75) is 51.1 Å². The second-order valence-electron chi connectivity index (χ2n) is 7.58. The van der Waals surface area contributed by atoms with Crippen LogP contribution in [-0.2, 0) is 19.4 Å². The summed E-state index contributed by atoms with van der Waals surface area (Å²) in [6.45, 7) is 1.45. The zero-order valence-corrected chi connectivity index (χ0v) is 17.2. The molecular formula is C20H27NO6S. The quantitative estimate of drug-likeness (QED) is 0.669. The Morgan fingerprint density at radius 3 is 2.46 bits per heavy atom. The molecule has 0 N–H and O–H groups in total. The van der Waals surface area contributed by atoms with Crippen molar-refractivity contribution in [3.05, 3.63) is 29.3 Å². The van der Waals surface area contributed by atoms with Gasteiger partial charge in [0.15, 0.2) is 16.4 Å². The number of rotatable bonds is 6. The second-order valence-corrected chi connectivity index (χ2v) is 9.80. The van der Waals surface area contributed by atoms with Crippen molar-refractivity contribution >= 4 is 21.7 Å². The molecule has 7 nitrogen and oxygen atoms in total. The lowest BCUT2D eigenvalue weighted by atomic mass is 10.1. The van der Waals surface area contributed by atoms with Crippen LogP contribution in [0.5, 0.6) is 5.75 Å².